The molecule has 4 aromatic rings. The van der Waals surface area contributed by atoms with Gasteiger partial charge >= 0.3 is 0 Å². The predicted molar refractivity (Wildman–Crippen MR) is 117 cm³/mol. The van der Waals surface area contributed by atoms with Crippen LogP contribution in [0.15, 0.2) is 52.2 Å². The molecule has 2 heterocycles. The molecule has 148 valence electrons. The van der Waals surface area contributed by atoms with Crippen molar-refractivity contribution >= 4 is 51.3 Å². The van der Waals surface area contributed by atoms with Crippen molar-refractivity contribution in [1.29, 1.82) is 0 Å². The number of hydrogen-bond acceptors (Lipinski definition) is 7. The van der Waals surface area contributed by atoms with Gasteiger partial charge in [0.2, 0.25) is 4.96 Å². The zero-order chi connectivity index (χ0) is 20.4. The van der Waals surface area contributed by atoms with E-state index in [-0.39, 0.29) is 12.2 Å². The number of benzene rings is 2. The summed E-state index contributed by atoms with van der Waals surface area (Å²) < 4.78 is 6.96. The van der Waals surface area contributed by atoms with Crippen molar-refractivity contribution in [2.45, 2.75) is 17.9 Å². The van der Waals surface area contributed by atoms with Crippen LogP contribution in [-0.4, -0.2) is 26.1 Å². The molecule has 4 rings (SSSR count). The molecule has 10 heteroatoms. The van der Waals surface area contributed by atoms with E-state index in [1.807, 2.05) is 30.5 Å². The standard InChI is InChI=1S/C19H14Cl2N4O2S2/c1-28-13-5-2-11(3-6-13)8-15-18(26)25-19(23-22-15)29-17(24-25)10-27-16-7-4-12(20)9-14(16)21/h2-7,9H,8,10H2,1H3. The van der Waals surface area contributed by atoms with Gasteiger partial charge in [0, 0.05) is 16.3 Å². The average Bonchev–Trinajstić information content (AvgIpc) is 3.14. The summed E-state index contributed by atoms with van der Waals surface area (Å²) in [5.74, 6) is 0.489. The van der Waals surface area contributed by atoms with Crippen molar-refractivity contribution < 1.29 is 4.74 Å². The molecule has 0 bridgehead atoms. The smallest absolute Gasteiger partial charge is 0.297 e. The van der Waals surface area contributed by atoms with E-state index in [0.29, 0.717) is 37.9 Å². The van der Waals surface area contributed by atoms with Gasteiger partial charge in [0.05, 0.1) is 5.02 Å². The number of halogens is 2. The van der Waals surface area contributed by atoms with Crippen molar-refractivity contribution in [3.8, 4) is 5.75 Å². The highest BCUT2D eigenvalue weighted by molar-refractivity contribution is 7.98. The molecule has 0 aliphatic carbocycles. The van der Waals surface area contributed by atoms with E-state index < -0.39 is 0 Å². The number of ether oxygens (including phenoxy) is 1. The highest BCUT2D eigenvalue weighted by Gasteiger charge is 2.13. The van der Waals surface area contributed by atoms with Gasteiger partial charge in [-0.3, -0.25) is 4.79 Å². The van der Waals surface area contributed by atoms with E-state index in [0.717, 1.165) is 10.5 Å². The molecule has 0 saturated heterocycles. The molecule has 0 aliphatic rings. The lowest BCUT2D eigenvalue weighted by molar-refractivity contribution is 0.304. The van der Waals surface area contributed by atoms with Crippen molar-refractivity contribution in [2.75, 3.05) is 6.26 Å². The monoisotopic (exact) mass is 464 g/mol. The maximum absolute atomic E-state index is 12.8. The van der Waals surface area contributed by atoms with Crippen LogP contribution in [0.3, 0.4) is 0 Å². The van der Waals surface area contributed by atoms with Crippen LogP contribution in [0.5, 0.6) is 5.75 Å². The lowest BCUT2D eigenvalue weighted by Crippen LogP contribution is -2.22. The highest BCUT2D eigenvalue weighted by Crippen LogP contribution is 2.28. The number of aromatic nitrogens is 4. The Morgan fingerprint density at radius 3 is 2.66 bits per heavy atom. The first-order valence-electron chi connectivity index (χ1n) is 8.48. The number of fused-ring (bicyclic) bond motifs is 1. The van der Waals surface area contributed by atoms with Gasteiger partial charge in [-0.05, 0) is 42.2 Å². The Balaban J connectivity index is 1.54. The van der Waals surface area contributed by atoms with Gasteiger partial charge in [0.1, 0.15) is 18.1 Å². The molecule has 0 atom stereocenters. The average molecular weight is 465 g/mol. The Morgan fingerprint density at radius 1 is 1.14 bits per heavy atom. The van der Waals surface area contributed by atoms with E-state index in [4.69, 9.17) is 27.9 Å². The van der Waals surface area contributed by atoms with Crippen LogP contribution in [-0.2, 0) is 13.0 Å². The number of nitrogens with zero attached hydrogens (tertiary/aromatic N) is 4. The maximum Gasteiger partial charge on any atom is 0.297 e. The molecular formula is C19H14Cl2N4O2S2. The zero-order valence-electron chi connectivity index (χ0n) is 15.1. The predicted octanol–water partition coefficient (Wildman–Crippen LogP) is 4.74. The molecule has 6 nitrogen and oxygen atoms in total. The minimum Gasteiger partial charge on any atom is -0.485 e. The minimum absolute atomic E-state index is 0.153. The van der Waals surface area contributed by atoms with Crippen molar-refractivity contribution in [1.82, 2.24) is 19.8 Å². The van der Waals surface area contributed by atoms with Crippen LogP contribution in [0, 0.1) is 0 Å². The normalized spacial score (nSPS) is 11.1. The van der Waals surface area contributed by atoms with Gasteiger partial charge in [-0.25, -0.2) is 0 Å². The molecule has 2 aromatic heterocycles. The van der Waals surface area contributed by atoms with E-state index >= 15 is 0 Å². The molecule has 2 aromatic carbocycles. The van der Waals surface area contributed by atoms with Crippen molar-refractivity contribution in [3.05, 3.63) is 79.1 Å². The van der Waals surface area contributed by atoms with Gasteiger partial charge in [-0.15, -0.1) is 22.0 Å². The summed E-state index contributed by atoms with van der Waals surface area (Å²) in [6.07, 6.45) is 2.42. The first-order chi connectivity index (χ1) is 14.0. The van der Waals surface area contributed by atoms with Crippen molar-refractivity contribution in [2.24, 2.45) is 0 Å². The third-order valence-electron chi connectivity index (χ3n) is 4.07. The summed E-state index contributed by atoms with van der Waals surface area (Å²) in [6, 6.07) is 13.0. The third kappa shape index (κ3) is 4.56. The summed E-state index contributed by atoms with van der Waals surface area (Å²) >= 11 is 14.9. The minimum atomic E-state index is -0.282. The van der Waals surface area contributed by atoms with E-state index in [1.54, 1.807) is 30.0 Å². The fraction of sp³-hybridized carbons (Fsp3) is 0.158. The Morgan fingerprint density at radius 2 is 1.93 bits per heavy atom. The number of thioether (sulfide) groups is 1. The molecule has 0 saturated carbocycles. The molecule has 0 aliphatic heterocycles. The van der Waals surface area contributed by atoms with Crippen LogP contribution >= 0.6 is 46.3 Å². The Bertz CT molecular complexity index is 1230. The number of hydrogen-bond donors (Lipinski definition) is 0. The summed E-state index contributed by atoms with van der Waals surface area (Å²) in [7, 11) is 0. The van der Waals surface area contributed by atoms with Gasteiger partial charge in [0.25, 0.3) is 5.56 Å². The van der Waals surface area contributed by atoms with E-state index in [9.17, 15) is 4.79 Å². The SMILES string of the molecule is CSc1ccc(Cc2nnc3sc(COc4ccc(Cl)cc4Cl)nn3c2=O)cc1. The molecule has 0 N–H and O–H groups in total. The third-order valence-corrected chi connectivity index (χ3v) is 6.22. The quantitative estimate of drug-likeness (QED) is 0.383. The van der Waals surface area contributed by atoms with Crippen LogP contribution < -0.4 is 10.3 Å². The zero-order valence-corrected chi connectivity index (χ0v) is 18.3. The summed E-state index contributed by atoms with van der Waals surface area (Å²) in [5, 5.41) is 14.1. The van der Waals surface area contributed by atoms with Crippen LogP contribution in [0.25, 0.3) is 4.96 Å². The fourth-order valence-electron chi connectivity index (χ4n) is 2.62. The second-order valence-electron chi connectivity index (χ2n) is 6.03. The Hall–Kier alpha value is -2.13. The molecule has 0 radical (unpaired) electrons. The lowest BCUT2D eigenvalue weighted by atomic mass is 10.1. The van der Waals surface area contributed by atoms with Gasteiger partial charge in [-0.2, -0.15) is 9.61 Å². The van der Waals surface area contributed by atoms with Crippen LogP contribution in [0.4, 0.5) is 0 Å². The summed E-state index contributed by atoms with van der Waals surface area (Å²) in [6.45, 7) is 0.153. The molecule has 0 unspecified atom stereocenters. The topological polar surface area (TPSA) is 69.4 Å². The molecule has 29 heavy (non-hydrogen) atoms. The summed E-state index contributed by atoms with van der Waals surface area (Å²) in [4.78, 5) is 14.3. The van der Waals surface area contributed by atoms with Crippen LogP contribution in [0.2, 0.25) is 10.0 Å². The highest BCUT2D eigenvalue weighted by atomic mass is 35.5. The van der Waals surface area contributed by atoms with Crippen molar-refractivity contribution in [3.63, 3.8) is 0 Å². The second-order valence-corrected chi connectivity index (χ2v) is 8.79. The lowest BCUT2D eigenvalue weighted by Gasteiger charge is -2.05. The molecule has 0 spiro atoms. The fourth-order valence-corrected chi connectivity index (χ4v) is 4.24. The second kappa shape index (κ2) is 8.71. The van der Waals surface area contributed by atoms with E-state index in [2.05, 4.69) is 15.3 Å². The maximum atomic E-state index is 12.8. The van der Waals surface area contributed by atoms with Gasteiger partial charge < -0.3 is 4.74 Å². The molecule has 0 fully saturated rings. The number of rotatable bonds is 6. The molecule has 0 amide bonds. The summed E-state index contributed by atoms with van der Waals surface area (Å²) in [5.41, 5.74) is 1.05. The van der Waals surface area contributed by atoms with E-state index in [1.165, 1.54) is 15.9 Å². The first kappa shape index (κ1) is 20.2. The Labute approximate surface area is 184 Å². The first-order valence-corrected chi connectivity index (χ1v) is 11.3. The van der Waals surface area contributed by atoms with Gasteiger partial charge in [0.15, 0.2) is 5.01 Å². The largest absolute Gasteiger partial charge is 0.485 e. The molecular weight excluding hydrogens is 451 g/mol. The van der Waals surface area contributed by atoms with Gasteiger partial charge in [-0.1, -0.05) is 46.7 Å². The van der Waals surface area contributed by atoms with Crippen LogP contribution in [0.1, 0.15) is 16.3 Å². The Kier molecular flexibility index (Phi) is 6.05.